The van der Waals surface area contributed by atoms with Crippen molar-refractivity contribution >= 4 is 11.9 Å². The Kier molecular flexibility index (Phi) is 6.03. The highest BCUT2D eigenvalue weighted by molar-refractivity contribution is 5.87. The van der Waals surface area contributed by atoms with Gasteiger partial charge in [0.15, 0.2) is 0 Å². The van der Waals surface area contributed by atoms with E-state index in [1.54, 1.807) is 6.92 Å². The van der Waals surface area contributed by atoms with E-state index in [0.29, 0.717) is 6.42 Å². The molecule has 16 heavy (non-hydrogen) atoms. The number of hydrogen-bond donors (Lipinski definition) is 3. The Labute approximate surface area is 96.4 Å². The van der Waals surface area contributed by atoms with Crippen LogP contribution < -0.4 is 11.1 Å². The third-order valence-corrected chi connectivity index (χ3v) is 2.80. The van der Waals surface area contributed by atoms with Gasteiger partial charge in [-0.05, 0) is 11.8 Å². The summed E-state index contributed by atoms with van der Waals surface area (Å²) < 4.78 is 0. The number of hydrogen-bond acceptors (Lipinski definition) is 3. The van der Waals surface area contributed by atoms with Gasteiger partial charge in [-0.2, -0.15) is 0 Å². The molecular formula is C11H22N2O3. The summed E-state index contributed by atoms with van der Waals surface area (Å²) in [5.74, 6) is -1.53. The van der Waals surface area contributed by atoms with Crippen LogP contribution in [0.5, 0.6) is 0 Å². The second kappa shape index (κ2) is 6.48. The van der Waals surface area contributed by atoms with Gasteiger partial charge in [0.2, 0.25) is 5.91 Å². The number of nitrogens with two attached hydrogens (primary N) is 1. The average molecular weight is 230 g/mol. The van der Waals surface area contributed by atoms with Crippen LogP contribution in [0.1, 0.15) is 34.1 Å². The fraction of sp³-hybridized carbons (Fsp3) is 0.818. The van der Waals surface area contributed by atoms with Crippen molar-refractivity contribution in [3.05, 3.63) is 0 Å². The normalized spacial score (nSPS) is 16.6. The molecule has 1 amide bonds. The van der Waals surface area contributed by atoms with Crippen molar-refractivity contribution in [2.75, 3.05) is 0 Å². The minimum absolute atomic E-state index is 0.00798. The van der Waals surface area contributed by atoms with Crippen LogP contribution in [0.3, 0.4) is 0 Å². The van der Waals surface area contributed by atoms with Crippen molar-refractivity contribution in [3.63, 3.8) is 0 Å². The van der Waals surface area contributed by atoms with Crippen molar-refractivity contribution < 1.29 is 14.7 Å². The molecule has 0 aromatic rings. The molecular weight excluding hydrogens is 208 g/mol. The quantitative estimate of drug-likeness (QED) is 0.622. The Bertz CT molecular complexity index is 254. The molecule has 0 spiro atoms. The fourth-order valence-electron chi connectivity index (χ4n) is 1.24. The molecule has 0 fully saturated rings. The fourth-order valence-corrected chi connectivity index (χ4v) is 1.24. The number of aliphatic carboxylic acids is 1. The summed E-state index contributed by atoms with van der Waals surface area (Å²) in [4.78, 5) is 22.6. The van der Waals surface area contributed by atoms with Crippen molar-refractivity contribution in [3.8, 4) is 0 Å². The number of amides is 1. The Morgan fingerprint density at radius 3 is 2.12 bits per heavy atom. The van der Waals surface area contributed by atoms with E-state index in [4.69, 9.17) is 10.8 Å². The molecule has 0 rings (SSSR count). The van der Waals surface area contributed by atoms with E-state index < -0.39 is 24.0 Å². The lowest BCUT2D eigenvalue weighted by atomic mass is 9.97. The van der Waals surface area contributed by atoms with E-state index in [9.17, 15) is 9.59 Å². The molecule has 3 atom stereocenters. The summed E-state index contributed by atoms with van der Waals surface area (Å²) in [6.07, 6.45) is 0.689. The molecule has 0 heterocycles. The topological polar surface area (TPSA) is 92.4 Å². The number of carboxylic acids is 1. The first kappa shape index (κ1) is 14.9. The first-order valence-electron chi connectivity index (χ1n) is 5.60. The number of rotatable bonds is 6. The molecule has 0 saturated heterocycles. The number of carbonyl (C=O) groups excluding carboxylic acids is 1. The summed E-state index contributed by atoms with van der Waals surface area (Å²) >= 11 is 0. The molecule has 0 aromatic heterocycles. The summed E-state index contributed by atoms with van der Waals surface area (Å²) in [5.41, 5.74) is 5.65. The van der Waals surface area contributed by atoms with Crippen molar-refractivity contribution in [2.24, 2.45) is 17.6 Å². The maximum Gasteiger partial charge on any atom is 0.326 e. The van der Waals surface area contributed by atoms with E-state index >= 15 is 0 Å². The second-order valence-corrected chi connectivity index (χ2v) is 4.48. The third-order valence-electron chi connectivity index (χ3n) is 2.80. The van der Waals surface area contributed by atoms with Crippen LogP contribution in [0, 0.1) is 11.8 Å². The lowest BCUT2D eigenvalue weighted by Crippen LogP contribution is -2.52. The smallest absolute Gasteiger partial charge is 0.326 e. The van der Waals surface area contributed by atoms with Gasteiger partial charge in [-0.3, -0.25) is 4.79 Å². The Morgan fingerprint density at radius 1 is 1.31 bits per heavy atom. The minimum Gasteiger partial charge on any atom is -0.480 e. The van der Waals surface area contributed by atoms with Crippen LogP contribution >= 0.6 is 0 Å². The molecule has 5 heteroatoms. The molecule has 0 aliphatic carbocycles. The van der Waals surface area contributed by atoms with E-state index in [2.05, 4.69) is 5.32 Å². The van der Waals surface area contributed by atoms with Crippen molar-refractivity contribution in [1.82, 2.24) is 5.32 Å². The first-order valence-corrected chi connectivity index (χ1v) is 5.60. The predicted octanol–water partition coefficient (Wildman–Crippen LogP) is 0.585. The van der Waals surface area contributed by atoms with Gasteiger partial charge in [0, 0.05) is 0 Å². The number of carboxylic acid groups (broad SMARTS) is 1. The van der Waals surface area contributed by atoms with E-state index in [0.717, 1.165) is 0 Å². The largest absolute Gasteiger partial charge is 0.480 e. The van der Waals surface area contributed by atoms with Crippen LogP contribution in [-0.2, 0) is 9.59 Å². The standard InChI is InChI=1S/C11H22N2O3/c1-5-7(4)9(11(15)16)13-10(14)8(12)6(2)3/h6-9H,5,12H2,1-4H3,(H,13,14)(H,15,16)/t7-,8+,9-/m0/s1. The number of carbonyl (C=O) groups is 2. The SMILES string of the molecule is CC[C@H](C)[C@H](NC(=O)[C@H](N)C(C)C)C(=O)O. The molecule has 0 aromatic carbocycles. The Balaban J connectivity index is 4.52. The molecule has 0 aliphatic rings. The second-order valence-electron chi connectivity index (χ2n) is 4.48. The van der Waals surface area contributed by atoms with Gasteiger partial charge in [0.1, 0.15) is 6.04 Å². The van der Waals surface area contributed by atoms with Crippen molar-refractivity contribution in [2.45, 2.75) is 46.2 Å². The summed E-state index contributed by atoms with van der Waals surface area (Å²) in [6, 6.07) is -1.52. The molecule has 0 saturated carbocycles. The average Bonchev–Trinajstić information content (AvgIpc) is 2.22. The lowest BCUT2D eigenvalue weighted by Gasteiger charge is -2.23. The molecule has 94 valence electrons. The van der Waals surface area contributed by atoms with Crippen LogP contribution in [-0.4, -0.2) is 29.1 Å². The monoisotopic (exact) mass is 230 g/mol. The van der Waals surface area contributed by atoms with Crippen molar-refractivity contribution in [1.29, 1.82) is 0 Å². The van der Waals surface area contributed by atoms with Crippen LogP contribution in [0.2, 0.25) is 0 Å². The molecule has 0 bridgehead atoms. The zero-order valence-electron chi connectivity index (χ0n) is 10.4. The van der Waals surface area contributed by atoms with Gasteiger partial charge < -0.3 is 16.2 Å². The molecule has 5 nitrogen and oxygen atoms in total. The molecule has 4 N–H and O–H groups in total. The highest BCUT2D eigenvalue weighted by Crippen LogP contribution is 2.09. The highest BCUT2D eigenvalue weighted by atomic mass is 16.4. The predicted molar refractivity (Wildman–Crippen MR) is 61.8 cm³/mol. The maximum atomic E-state index is 11.6. The Hall–Kier alpha value is -1.10. The van der Waals surface area contributed by atoms with Crippen LogP contribution in [0.15, 0.2) is 0 Å². The van der Waals surface area contributed by atoms with E-state index in [1.165, 1.54) is 0 Å². The van der Waals surface area contributed by atoms with Gasteiger partial charge in [-0.1, -0.05) is 34.1 Å². The maximum absolute atomic E-state index is 11.6. The summed E-state index contributed by atoms with van der Waals surface area (Å²) in [5, 5.41) is 11.5. The van der Waals surface area contributed by atoms with Gasteiger partial charge in [0.25, 0.3) is 0 Å². The van der Waals surface area contributed by atoms with Gasteiger partial charge >= 0.3 is 5.97 Å². The van der Waals surface area contributed by atoms with Crippen LogP contribution in [0.25, 0.3) is 0 Å². The molecule has 0 unspecified atom stereocenters. The zero-order chi connectivity index (χ0) is 12.9. The summed E-state index contributed by atoms with van der Waals surface area (Å²) in [6.45, 7) is 7.32. The van der Waals surface area contributed by atoms with Crippen LogP contribution in [0.4, 0.5) is 0 Å². The van der Waals surface area contributed by atoms with E-state index in [1.807, 2.05) is 20.8 Å². The zero-order valence-corrected chi connectivity index (χ0v) is 10.4. The van der Waals surface area contributed by atoms with Gasteiger partial charge in [-0.25, -0.2) is 4.79 Å². The summed E-state index contributed by atoms with van der Waals surface area (Å²) in [7, 11) is 0. The number of nitrogens with one attached hydrogen (secondary N) is 1. The van der Waals surface area contributed by atoms with Gasteiger partial charge in [-0.15, -0.1) is 0 Å². The van der Waals surface area contributed by atoms with Gasteiger partial charge in [0.05, 0.1) is 6.04 Å². The molecule has 0 radical (unpaired) electrons. The minimum atomic E-state index is -1.02. The van der Waals surface area contributed by atoms with E-state index in [-0.39, 0.29) is 11.8 Å². The highest BCUT2D eigenvalue weighted by Gasteiger charge is 2.28. The first-order chi connectivity index (χ1) is 7.31. The molecule has 0 aliphatic heterocycles. The Morgan fingerprint density at radius 2 is 1.81 bits per heavy atom. The third kappa shape index (κ3) is 4.18. The lowest BCUT2D eigenvalue weighted by molar-refractivity contribution is -0.143.